The number of nitrogens with zero attached hydrogens (tertiary/aromatic N) is 1. The molecule has 6 nitrogen and oxygen atoms in total. The van der Waals surface area contributed by atoms with Gasteiger partial charge in [-0.05, 0) is 66.1 Å². The number of amides is 1. The molecule has 0 aliphatic carbocycles. The van der Waals surface area contributed by atoms with Crippen LogP contribution in [-0.2, 0) is 17.8 Å². The van der Waals surface area contributed by atoms with E-state index in [1.54, 1.807) is 14.2 Å². The molecule has 0 bridgehead atoms. The maximum Gasteiger partial charge on any atom is 0.240 e. The van der Waals surface area contributed by atoms with Crippen LogP contribution < -0.4 is 20.2 Å². The summed E-state index contributed by atoms with van der Waals surface area (Å²) in [6, 6.07) is 30.2. The lowest BCUT2D eigenvalue weighted by Gasteiger charge is -2.21. The fourth-order valence-electron chi connectivity index (χ4n) is 4.72. The number of fused-ring (bicyclic) bond motifs is 2. The Morgan fingerprint density at radius 2 is 1.27 bits per heavy atom. The summed E-state index contributed by atoms with van der Waals surface area (Å²) in [5, 5.41) is 4.42. The smallest absolute Gasteiger partial charge is 0.240 e. The third-order valence-electron chi connectivity index (χ3n) is 6.63. The van der Waals surface area contributed by atoms with Gasteiger partial charge in [-0.1, -0.05) is 48.5 Å². The van der Waals surface area contributed by atoms with Crippen molar-refractivity contribution in [3.63, 3.8) is 0 Å². The third-order valence-corrected chi connectivity index (χ3v) is 6.63. The van der Waals surface area contributed by atoms with Gasteiger partial charge in [-0.3, -0.25) is 9.59 Å². The van der Waals surface area contributed by atoms with E-state index in [1.807, 2.05) is 102 Å². The Bertz CT molecular complexity index is 1550. The van der Waals surface area contributed by atoms with Gasteiger partial charge in [0.15, 0.2) is 5.43 Å². The SMILES string of the molecule is COc1ccc(CC(NC(=O)Cn2c3ccccc3c(=O)c3ccccc32)c2ccc(OC)cc2)cc1. The van der Waals surface area contributed by atoms with Gasteiger partial charge in [0, 0.05) is 10.8 Å². The summed E-state index contributed by atoms with van der Waals surface area (Å²) in [5.41, 5.74) is 3.48. The Hall–Kier alpha value is -4.58. The van der Waals surface area contributed by atoms with Crippen LogP contribution in [0.5, 0.6) is 11.5 Å². The van der Waals surface area contributed by atoms with Gasteiger partial charge < -0.3 is 19.4 Å². The minimum atomic E-state index is -0.260. The monoisotopic (exact) mass is 492 g/mol. The number of ether oxygens (including phenoxy) is 2. The topological polar surface area (TPSA) is 69.6 Å². The molecule has 5 aromatic rings. The van der Waals surface area contributed by atoms with E-state index in [0.29, 0.717) is 17.2 Å². The summed E-state index contributed by atoms with van der Waals surface area (Å²) in [4.78, 5) is 26.6. The quantitative estimate of drug-likeness (QED) is 0.300. The molecule has 1 heterocycles. The second-order valence-corrected chi connectivity index (χ2v) is 8.90. The van der Waals surface area contributed by atoms with Gasteiger partial charge in [0.2, 0.25) is 5.91 Å². The number of carbonyl (C=O) groups is 1. The number of nitrogens with one attached hydrogen (secondary N) is 1. The van der Waals surface area contributed by atoms with E-state index in [0.717, 1.165) is 33.7 Å². The maximum atomic E-state index is 13.5. The number of pyridine rings is 1. The minimum Gasteiger partial charge on any atom is -0.497 e. The maximum absolute atomic E-state index is 13.5. The number of hydrogen-bond acceptors (Lipinski definition) is 4. The number of benzene rings is 4. The summed E-state index contributed by atoms with van der Waals surface area (Å²) >= 11 is 0. The number of methoxy groups -OCH3 is 2. The molecule has 1 amide bonds. The van der Waals surface area contributed by atoms with E-state index in [-0.39, 0.29) is 23.9 Å². The molecule has 1 N–H and O–H groups in total. The van der Waals surface area contributed by atoms with Crippen molar-refractivity contribution in [2.24, 2.45) is 0 Å². The van der Waals surface area contributed by atoms with Crippen molar-refractivity contribution in [2.45, 2.75) is 19.0 Å². The van der Waals surface area contributed by atoms with Crippen LogP contribution in [0.1, 0.15) is 17.2 Å². The molecule has 0 spiro atoms. The zero-order valence-electron chi connectivity index (χ0n) is 20.8. The first-order chi connectivity index (χ1) is 18.1. The van der Waals surface area contributed by atoms with Crippen molar-refractivity contribution in [3.05, 3.63) is 118 Å². The van der Waals surface area contributed by atoms with Gasteiger partial charge >= 0.3 is 0 Å². The van der Waals surface area contributed by atoms with Crippen molar-refractivity contribution in [2.75, 3.05) is 14.2 Å². The highest BCUT2D eigenvalue weighted by Gasteiger charge is 2.18. The average Bonchev–Trinajstić information content (AvgIpc) is 2.95. The lowest BCUT2D eigenvalue weighted by molar-refractivity contribution is -0.122. The molecular formula is C31H28N2O4. The van der Waals surface area contributed by atoms with Crippen LogP contribution in [0.15, 0.2) is 102 Å². The van der Waals surface area contributed by atoms with Crippen LogP contribution in [0, 0.1) is 0 Å². The lowest BCUT2D eigenvalue weighted by Crippen LogP contribution is -2.33. The molecule has 0 aliphatic heterocycles. The summed E-state index contributed by atoms with van der Waals surface area (Å²) in [7, 11) is 3.27. The first kappa shape index (κ1) is 24.1. The van der Waals surface area contributed by atoms with Gasteiger partial charge in [0.05, 0.1) is 31.3 Å². The molecule has 0 fully saturated rings. The van der Waals surface area contributed by atoms with E-state index in [9.17, 15) is 9.59 Å². The largest absolute Gasteiger partial charge is 0.497 e. The van der Waals surface area contributed by atoms with Crippen molar-refractivity contribution < 1.29 is 14.3 Å². The fraction of sp³-hybridized carbons (Fsp3) is 0.161. The molecule has 4 aromatic carbocycles. The standard InChI is InChI=1S/C31H28N2O4/c1-36-23-15-11-21(12-16-23)19-27(22-13-17-24(37-2)18-14-22)32-30(34)20-33-28-9-5-3-7-25(28)31(35)26-8-4-6-10-29(26)33/h3-18,27H,19-20H2,1-2H3,(H,32,34). The molecule has 0 saturated carbocycles. The first-order valence-electron chi connectivity index (χ1n) is 12.1. The van der Waals surface area contributed by atoms with Crippen LogP contribution in [0.25, 0.3) is 21.8 Å². The van der Waals surface area contributed by atoms with Crippen LogP contribution in [0.2, 0.25) is 0 Å². The zero-order chi connectivity index (χ0) is 25.8. The highest BCUT2D eigenvalue weighted by molar-refractivity contribution is 5.94. The van der Waals surface area contributed by atoms with E-state index in [2.05, 4.69) is 5.32 Å². The van der Waals surface area contributed by atoms with E-state index in [1.165, 1.54) is 0 Å². The molecule has 0 saturated heterocycles. The third kappa shape index (κ3) is 5.05. The number of para-hydroxylation sites is 2. The second-order valence-electron chi connectivity index (χ2n) is 8.90. The van der Waals surface area contributed by atoms with Gasteiger partial charge in [-0.15, -0.1) is 0 Å². The van der Waals surface area contributed by atoms with Crippen molar-refractivity contribution in [1.29, 1.82) is 0 Å². The number of rotatable bonds is 8. The molecular weight excluding hydrogens is 464 g/mol. The Balaban J connectivity index is 1.48. The fourth-order valence-corrected chi connectivity index (χ4v) is 4.72. The second kappa shape index (κ2) is 10.6. The molecule has 186 valence electrons. The summed E-state index contributed by atoms with van der Waals surface area (Å²) in [5.74, 6) is 1.39. The van der Waals surface area contributed by atoms with E-state index in [4.69, 9.17) is 9.47 Å². The highest BCUT2D eigenvalue weighted by atomic mass is 16.5. The van der Waals surface area contributed by atoms with Crippen molar-refractivity contribution >= 4 is 27.7 Å². The van der Waals surface area contributed by atoms with Crippen LogP contribution in [0.4, 0.5) is 0 Å². The minimum absolute atomic E-state index is 0.0292. The molecule has 0 aliphatic rings. The molecule has 1 atom stereocenters. The Morgan fingerprint density at radius 3 is 1.81 bits per heavy atom. The van der Waals surface area contributed by atoms with Gasteiger partial charge in [0.25, 0.3) is 0 Å². The summed E-state index contributed by atoms with van der Waals surface area (Å²) < 4.78 is 12.5. The first-order valence-corrected chi connectivity index (χ1v) is 12.1. The number of hydrogen-bond donors (Lipinski definition) is 1. The lowest BCUT2D eigenvalue weighted by atomic mass is 9.98. The van der Waals surface area contributed by atoms with Crippen LogP contribution in [-0.4, -0.2) is 24.7 Å². The average molecular weight is 493 g/mol. The van der Waals surface area contributed by atoms with Crippen molar-refractivity contribution in [3.8, 4) is 11.5 Å². The molecule has 1 unspecified atom stereocenters. The molecule has 5 rings (SSSR count). The predicted molar refractivity (Wildman–Crippen MR) is 146 cm³/mol. The van der Waals surface area contributed by atoms with Crippen LogP contribution in [0.3, 0.4) is 0 Å². The number of carbonyl (C=O) groups excluding carboxylic acids is 1. The molecule has 0 radical (unpaired) electrons. The van der Waals surface area contributed by atoms with Gasteiger partial charge in [-0.25, -0.2) is 0 Å². The van der Waals surface area contributed by atoms with Gasteiger partial charge in [0.1, 0.15) is 18.0 Å². The molecule has 37 heavy (non-hydrogen) atoms. The van der Waals surface area contributed by atoms with Crippen molar-refractivity contribution in [1.82, 2.24) is 9.88 Å². The predicted octanol–water partition coefficient (Wildman–Crippen LogP) is 5.27. The van der Waals surface area contributed by atoms with Gasteiger partial charge in [-0.2, -0.15) is 0 Å². The number of aromatic nitrogens is 1. The van der Waals surface area contributed by atoms with E-state index < -0.39 is 0 Å². The van der Waals surface area contributed by atoms with E-state index >= 15 is 0 Å². The highest BCUT2D eigenvalue weighted by Crippen LogP contribution is 2.24. The Morgan fingerprint density at radius 1 is 0.757 bits per heavy atom. The summed E-state index contributed by atoms with van der Waals surface area (Å²) in [6.45, 7) is 0.0799. The molecule has 1 aromatic heterocycles. The normalized spacial score (nSPS) is 11.8. The summed E-state index contributed by atoms with van der Waals surface area (Å²) in [6.07, 6.45) is 0.605. The zero-order valence-corrected chi connectivity index (χ0v) is 20.8. The Labute approximate surface area is 215 Å². The molecule has 6 heteroatoms. The van der Waals surface area contributed by atoms with Crippen LogP contribution >= 0.6 is 0 Å². The Kier molecular flexibility index (Phi) is 6.90.